The topological polar surface area (TPSA) is 60.3 Å². The Morgan fingerprint density at radius 1 is 1.06 bits per heavy atom. The molecule has 0 atom stereocenters. The first-order valence-electron chi connectivity index (χ1n) is 9.56. The molecule has 3 aromatic carbocycles. The first-order valence-corrected chi connectivity index (χ1v) is 11.3. The van der Waals surface area contributed by atoms with Crippen molar-refractivity contribution in [3.63, 3.8) is 0 Å². The minimum absolute atomic E-state index is 0.105. The van der Waals surface area contributed by atoms with Gasteiger partial charge in [0.15, 0.2) is 5.82 Å². The second kappa shape index (κ2) is 8.42. The third-order valence-electron chi connectivity index (χ3n) is 4.96. The summed E-state index contributed by atoms with van der Waals surface area (Å²) in [6, 6.07) is 18.6. The summed E-state index contributed by atoms with van der Waals surface area (Å²) in [7, 11) is 0. The zero-order valence-corrected chi connectivity index (χ0v) is 18.5. The van der Waals surface area contributed by atoms with Crippen LogP contribution in [0.15, 0.2) is 65.8 Å². The Hall–Kier alpha value is -2.74. The van der Waals surface area contributed by atoms with Crippen LogP contribution in [0.4, 0.5) is 0 Å². The lowest BCUT2D eigenvalue weighted by Gasteiger charge is -2.29. The minimum atomic E-state index is -0.107. The van der Waals surface area contributed by atoms with Gasteiger partial charge in [0.05, 0.1) is 11.6 Å². The van der Waals surface area contributed by atoms with Crippen LogP contribution < -0.4 is 9.75 Å². The van der Waals surface area contributed by atoms with Gasteiger partial charge in [0.1, 0.15) is 12.4 Å². The molecule has 1 amide bonds. The molecule has 0 saturated carbocycles. The van der Waals surface area contributed by atoms with Gasteiger partial charge >= 0.3 is 0 Å². The number of carbonyl (C=O) groups excluding carboxylic acids is 1. The van der Waals surface area contributed by atoms with Crippen molar-refractivity contribution >= 4 is 51.6 Å². The summed E-state index contributed by atoms with van der Waals surface area (Å²) < 4.78 is 7.58. The number of fused-ring (bicyclic) bond motifs is 2. The Bertz CT molecular complexity index is 1290. The summed E-state index contributed by atoms with van der Waals surface area (Å²) in [6.45, 7) is 0.640. The van der Waals surface area contributed by atoms with Crippen LogP contribution in [-0.2, 0) is 6.61 Å². The smallest absolute Gasteiger partial charge is 0.273 e. The molecule has 0 radical (unpaired) electrons. The van der Waals surface area contributed by atoms with Crippen molar-refractivity contribution in [2.24, 2.45) is 0 Å². The molecule has 2 heterocycles. The molecule has 0 N–H and O–H groups in total. The fourth-order valence-electron chi connectivity index (χ4n) is 3.52. The molecule has 0 fully saturated rings. The molecular formula is C22H16Cl2N4O2S. The quantitative estimate of drug-likeness (QED) is 0.410. The number of benzene rings is 3. The number of amides is 1. The van der Waals surface area contributed by atoms with E-state index in [-0.39, 0.29) is 12.5 Å². The van der Waals surface area contributed by atoms with Crippen molar-refractivity contribution < 1.29 is 9.53 Å². The van der Waals surface area contributed by atoms with Crippen LogP contribution in [-0.4, -0.2) is 33.1 Å². The van der Waals surface area contributed by atoms with Gasteiger partial charge in [-0.1, -0.05) is 71.4 Å². The van der Waals surface area contributed by atoms with Gasteiger partial charge in [-0.05, 0) is 35.0 Å². The predicted octanol–water partition coefficient (Wildman–Crippen LogP) is 5.20. The molecule has 31 heavy (non-hydrogen) atoms. The highest BCUT2D eigenvalue weighted by molar-refractivity contribution is 7.99. The second-order valence-electron chi connectivity index (χ2n) is 6.88. The maximum absolute atomic E-state index is 13.6. The lowest BCUT2D eigenvalue weighted by molar-refractivity contribution is 0.0954. The van der Waals surface area contributed by atoms with Crippen LogP contribution in [0.5, 0.6) is 5.75 Å². The number of rotatable bonds is 4. The standard InChI is InChI=1S/C22H16Cl2N4O2S/c23-15-8-9-19(18(24)12-15)30-13-20-25-26-22-28(20)27(10-11-31-22)21(29)17-7-3-5-14-4-1-2-6-16(14)17/h1-9,12H,10-11,13H2. The highest BCUT2D eigenvalue weighted by Gasteiger charge is 2.29. The third-order valence-corrected chi connectivity index (χ3v) is 6.39. The van der Waals surface area contributed by atoms with Crippen LogP contribution in [0.2, 0.25) is 10.0 Å². The molecule has 0 spiro atoms. The van der Waals surface area contributed by atoms with Crippen LogP contribution in [0.1, 0.15) is 16.2 Å². The summed E-state index contributed by atoms with van der Waals surface area (Å²) in [5.41, 5.74) is 0.636. The highest BCUT2D eigenvalue weighted by Crippen LogP contribution is 2.29. The molecule has 0 saturated heterocycles. The molecule has 0 aliphatic carbocycles. The maximum atomic E-state index is 13.6. The molecule has 1 aliphatic heterocycles. The molecule has 9 heteroatoms. The van der Waals surface area contributed by atoms with E-state index in [1.165, 1.54) is 0 Å². The van der Waals surface area contributed by atoms with Crippen molar-refractivity contribution in [3.8, 4) is 5.75 Å². The summed E-state index contributed by atoms with van der Waals surface area (Å²) in [5, 5.41) is 13.7. The Balaban J connectivity index is 1.47. The van der Waals surface area contributed by atoms with Crippen molar-refractivity contribution in [1.29, 1.82) is 0 Å². The SMILES string of the molecule is O=C(c1cccc2ccccc12)N1CCSc2nnc(COc3ccc(Cl)cc3Cl)n21. The number of thioether (sulfide) groups is 1. The van der Waals surface area contributed by atoms with E-state index in [1.807, 2.05) is 42.5 Å². The molecule has 5 rings (SSSR count). The Morgan fingerprint density at radius 3 is 2.77 bits per heavy atom. The van der Waals surface area contributed by atoms with Crippen molar-refractivity contribution in [1.82, 2.24) is 14.9 Å². The van der Waals surface area contributed by atoms with Gasteiger partial charge in [0.25, 0.3) is 5.91 Å². The number of hydrogen-bond acceptors (Lipinski definition) is 5. The number of hydrogen-bond donors (Lipinski definition) is 0. The van der Waals surface area contributed by atoms with E-state index < -0.39 is 0 Å². The van der Waals surface area contributed by atoms with Crippen molar-refractivity contribution in [2.75, 3.05) is 17.3 Å². The lowest BCUT2D eigenvalue weighted by atomic mass is 10.0. The van der Waals surface area contributed by atoms with Gasteiger partial charge in [-0.3, -0.25) is 4.79 Å². The Labute approximate surface area is 192 Å². The first-order chi connectivity index (χ1) is 15.1. The zero-order chi connectivity index (χ0) is 21.4. The van der Waals surface area contributed by atoms with Gasteiger partial charge in [-0.2, -0.15) is 0 Å². The van der Waals surface area contributed by atoms with Crippen molar-refractivity contribution in [2.45, 2.75) is 11.8 Å². The Kier molecular flexibility index (Phi) is 5.48. The van der Waals surface area contributed by atoms with Gasteiger partial charge in [0, 0.05) is 16.3 Å². The Morgan fingerprint density at radius 2 is 1.90 bits per heavy atom. The van der Waals surface area contributed by atoms with E-state index in [0.717, 1.165) is 16.5 Å². The molecule has 1 aliphatic rings. The highest BCUT2D eigenvalue weighted by atomic mass is 35.5. The normalized spacial score (nSPS) is 13.3. The van der Waals surface area contributed by atoms with Crippen LogP contribution >= 0.6 is 35.0 Å². The van der Waals surface area contributed by atoms with Crippen LogP contribution in [0, 0.1) is 0 Å². The lowest BCUT2D eigenvalue weighted by Crippen LogP contribution is -2.45. The third kappa shape index (κ3) is 3.84. The summed E-state index contributed by atoms with van der Waals surface area (Å²) in [6.07, 6.45) is 0. The average Bonchev–Trinajstić information content (AvgIpc) is 3.21. The fourth-order valence-corrected chi connectivity index (χ4v) is 4.85. The zero-order valence-electron chi connectivity index (χ0n) is 16.2. The fraction of sp³-hybridized carbons (Fsp3) is 0.136. The largest absolute Gasteiger partial charge is 0.484 e. The van der Waals surface area contributed by atoms with E-state index >= 15 is 0 Å². The van der Waals surface area contributed by atoms with Gasteiger partial charge in [-0.25, -0.2) is 9.69 Å². The number of nitrogens with zero attached hydrogens (tertiary/aromatic N) is 4. The molecule has 0 bridgehead atoms. The summed E-state index contributed by atoms with van der Waals surface area (Å²) in [5.74, 6) is 1.63. The first kappa shape index (κ1) is 20.2. The minimum Gasteiger partial charge on any atom is -0.484 e. The number of aromatic nitrogens is 3. The molecule has 4 aromatic rings. The summed E-state index contributed by atoms with van der Waals surface area (Å²) in [4.78, 5) is 13.6. The molecule has 0 unspecified atom stereocenters. The predicted molar refractivity (Wildman–Crippen MR) is 123 cm³/mol. The van der Waals surface area contributed by atoms with Crippen LogP contribution in [0.3, 0.4) is 0 Å². The average molecular weight is 471 g/mol. The van der Waals surface area contributed by atoms with E-state index in [4.69, 9.17) is 27.9 Å². The number of carbonyl (C=O) groups is 1. The van der Waals surface area contributed by atoms with E-state index in [9.17, 15) is 4.79 Å². The van der Waals surface area contributed by atoms with Gasteiger partial charge in [-0.15, -0.1) is 10.2 Å². The number of ether oxygens (including phenoxy) is 1. The van der Waals surface area contributed by atoms with E-state index in [0.29, 0.717) is 38.9 Å². The number of halogens is 2. The van der Waals surface area contributed by atoms with Gasteiger partial charge < -0.3 is 4.74 Å². The molecular weight excluding hydrogens is 455 g/mol. The maximum Gasteiger partial charge on any atom is 0.273 e. The van der Waals surface area contributed by atoms with Crippen molar-refractivity contribution in [3.05, 3.63) is 82.1 Å². The van der Waals surface area contributed by atoms with Crippen LogP contribution in [0.25, 0.3) is 10.8 Å². The second-order valence-corrected chi connectivity index (χ2v) is 8.78. The van der Waals surface area contributed by atoms with E-state index in [2.05, 4.69) is 10.2 Å². The van der Waals surface area contributed by atoms with Gasteiger partial charge in [0.2, 0.25) is 5.16 Å². The molecule has 156 valence electrons. The van der Waals surface area contributed by atoms with E-state index in [1.54, 1.807) is 39.6 Å². The monoisotopic (exact) mass is 470 g/mol. The summed E-state index contributed by atoms with van der Waals surface area (Å²) >= 11 is 13.7. The molecule has 1 aromatic heterocycles. The molecule has 6 nitrogen and oxygen atoms in total.